The van der Waals surface area contributed by atoms with Gasteiger partial charge in [-0.15, -0.1) is 0 Å². The number of rotatable bonds is 5. The third-order valence-electron chi connectivity index (χ3n) is 5.37. The van der Waals surface area contributed by atoms with Gasteiger partial charge in [0.25, 0.3) is 5.91 Å². The Morgan fingerprint density at radius 2 is 1.91 bits per heavy atom. The van der Waals surface area contributed by atoms with Crippen molar-refractivity contribution in [3.05, 3.63) is 35.4 Å². The molecule has 2 heterocycles. The summed E-state index contributed by atoms with van der Waals surface area (Å²) in [6.07, 6.45) is 4.75. The van der Waals surface area contributed by atoms with Gasteiger partial charge in [0.15, 0.2) is 0 Å². The summed E-state index contributed by atoms with van der Waals surface area (Å²) in [7, 11) is 1.68. The fourth-order valence-electron chi connectivity index (χ4n) is 4.29. The number of amides is 1. The summed E-state index contributed by atoms with van der Waals surface area (Å²) in [4.78, 5) is 17.8. The number of ether oxygens (including phenoxy) is 1. The first kappa shape index (κ1) is 16.5. The molecule has 2 aliphatic heterocycles. The second kappa shape index (κ2) is 7.45. The standard InChI is InChI=1S/C19H28N2O2/c1-3-20-12-6-10-17(20)18-11-7-13-21(18)19(22)16-9-5-4-8-15(16)14-23-2/h4-5,8-9,17-18H,3,6-7,10-14H2,1-2H3/t17-,18-/m1/s1. The maximum Gasteiger partial charge on any atom is 0.254 e. The van der Waals surface area contributed by atoms with Crippen LogP contribution in [0.5, 0.6) is 0 Å². The molecule has 0 unspecified atom stereocenters. The number of methoxy groups -OCH3 is 1. The lowest BCUT2D eigenvalue weighted by atomic mass is 10.0. The first-order valence-corrected chi connectivity index (χ1v) is 8.88. The van der Waals surface area contributed by atoms with Gasteiger partial charge >= 0.3 is 0 Å². The van der Waals surface area contributed by atoms with Crippen molar-refractivity contribution in [2.24, 2.45) is 0 Å². The largest absolute Gasteiger partial charge is 0.380 e. The molecule has 1 amide bonds. The minimum absolute atomic E-state index is 0.183. The van der Waals surface area contributed by atoms with Crippen molar-refractivity contribution in [3.63, 3.8) is 0 Å². The summed E-state index contributed by atoms with van der Waals surface area (Å²) in [6, 6.07) is 8.78. The van der Waals surface area contributed by atoms with Crippen LogP contribution in [0.15, 0.2) is 24.3 Å². The zero-order valence-electron chi connectivity index (χ0n) is 14.3. The molecule has 3 rings (SSSR count). The quantitative estimate of drug-likeness (QED) is 0.837. The summed E-state index contributed by atoms with van der Waals surface area (Å²) in [5, 5.41) is 0. The molecule has 0 radical (unpaired) electrons. The maximum absolute atomic E-state index is 13.2. The van der Waals surface area contributed by atoms with Crippen LogP contribution >= 0.6 is 0 Å². The number of carbonyl (C=O) groups is 1. The average Bonchev–Trinajstić information content (AvgIpc) is 3.23. The van der Waals surface area contributed by atoms with Gasteiger partial charge in [-0.1, -0.05) is 25.1 Å². The van der Waals surface area contributed by atoms with Gasteiger partial charge in [0, 0.05) is 31.3 Å². The van der Waals surface area contributed by atoms with Crippen LogP contribution in [0.2, 0.25) is 0 Å². The zero-order valence-corrected chi connectivity index (χ0v) is 14.3. The van der Waals surface area contributed by atoms with Gasteiger partial charge in [-0.25, -0.2) is 0 Å². The smallest absolute Gasteiger partial charge is 0.254 e. The van der Waals surface area contributed by atoms with E-state index in [-0.39, 0.29) is 5.91 Å². The van der Waals surface area contributed by atoms with Gasteiger partial charge in [0.05, 0.1) is 6.61 Å². The van der Waals surface area contributed by atoms with E-state index in [1.165, 1.54) is 19.4 Å². The first-order valence-electron chi connectivity index (χ1n) is 8.88. The minimum atomic E-state index is 0.183. The number of carbonyl (C=O) groups excluding carboxylic acids is 1. The number of hydrogen-bond donors (Lipinski definition) is 0. The Bertz CT molecular complexity index is 546. The van der Waals surface area contributed by atoms with Crippen molar-refractivity contribution in [2.75, 3.05) is 26.7 Å². The van der Waals surface area contributed by atoms with Crippen LogP contribution in [0.1, 0.15) is 48.5 Å². The topological polar surface area (TPSA) is 32.8 Å². The lowest BCUT2D eigenvalue weighted by molar-refractivity contribution is 0.0645. The maximum atomic E-state index is 13.2. The van der Waals surface area contributed by atoms with Crippen LogP contribution in [0.25, 0.3) is 0 Å². The van der Waals surface area contributed by atoms with E-state index < -0.39 is 0 Å². The molecule has 23 heavy (non-hydrogen) atoms. The van der Waals surface area contributed by atoms with Gasteiger partial charge in [0.1, 0.15) is 0 Å². The highest BCUT2D eigenvalue weighted by molar-refractivity contribution is 5.96. The Labute approximate surface area is 139 Å². The van der Waals surface area contributed by atoms with Crippen molar-refractivity contribution in [1.29, 1.82) is 0 Å². The molecule has 126 valence electrons. The molecule has 0 saturated carbocycles. The highest BCUT2D eigenvalue weighted by Gasteiger charge is 2.39. The Hall–Kier alpha value is -1.39. The molecule has 0 aromatic heterocycles. The van der Waals surface area contributed by atoms with Gasteiger partial charge in [-0.3, -0.25) is 9.69 Å². The van der Waals surface area contributed by atoms with Crippen LogP contribution in [-0.4, -0.2) is 54.5 Å². The van der Waals surface area contributed by atoms with Crippen LogP contribution in [-0.2, 0) is 11.3 Å². The van der Waals surface area contributed by atoms with Crippen LogP contribution in [0.3, 0.4) is 0 Å². The monoisotopic (exact) mass is 316 g/mol. The molecule has 0 aliphatic carbocycles. The predicted molar refractivity (Wildman–Crippen MR) is 91.5 cm³/mol. The van der Waals surface area contributed by atoms with E-state index in [9.17, 15) is 4.79 Å². The fourth-order valence-corrected chi connectivity index (χ4v) is 4.29. The van der Waals surface area contributed by atoms with Gasteiger partial charge in [-0.05, 0) is 50.4 Å². The van der Waals surface area contributed by atoms with Gasteiger partial charge < -0.3 is 9.64 Å². The van der Waals surface area contributed by atoms with E-state index in [1.807, 2.05) is 24.3 Å². The Morgan fingerprint density at radius 3 is 2.70 bits per heavy atom. The van der Waals surface area contributed by atoms with Crippen molar-refractivity contribution in [1.82, 2.24) is 9.80 Å². The first-order chi connectivity index (χ1) is 11.3. The number of benzene rings is 1. The molecule has 4 nitrogen and oxygen atoms in total. The SMILES string of the molecule is CCN1CCC[C@@H]1[C@H]1CCCN1C(=O)c1ccccc1COC. The lowest BCUT2D eigenvalue weighted by Gasteiger charge is -2.35. The summed E-state index contributed by atoms with van der Waals surface area (Å²) in [6.45, 7) is 5.88. The van der Waals surface area contributed by atoms with Crippen molar-refractivity contribution in [3.8, 4) is 0 Å². The number of likely N-dealkylation sites (N-methyl/N-ethyl adjacent to an activating group) is 1. The number of nitrogens with zero attached hydrogens (tertiary/aromatic N) is 2. The normalized spacial score (nSPS) is 25.2. The Balaban J connectivity index is 1.81. The third kappa shape index (κ3) is 3.29. The summed E-state index contributed by atoms with van der Waals surface area (Å²) in [5.74, 6) is 0.183. The van der Waals surface area contributed by atoms with E-state index in [4.69, 9.17) is 4.74 Å². The Kier molecular flexibility index (Phi) is 5.34. The van der Waals surface area contributed by atoms with Crippen molar-refractivity contribution < 1.29 is 9.53 Å². The molecular weight excluding hydrogens is 288 g/mol. The fraction of sp³-hybridized carbons (Fsp3) is 0.632. The molecule has 4 heteroatoms. The van der Waals surface area contributed by atoms with Crippen LogP contribution in [0, 0.1) is 0 Å². The second-order valence-electron chi connectivity index (χ2n) is 6.64. The molecule has 2 saturated heterocycles. The zero-order chi connectivity index (χ0) is 16.2. The second-order valence-corrected chi connectivity index (χ2v) is 6.64. The molecule has 0 N–H and O–H groups in total. The highest BCUT2D eigenvalue weighted by Crippen LogP contribution is 2.31. The van der Waals surface area contributed by atoms with E-state index in [0.29, 0.717) is 18.7 Å². The number of hydrogen-bond acceptors (Lipinski definition) is 3. The Morgan fingerprint density at radius 1 is 1.17 bits per heavy atom. The molecule has 2 atom stereocenters. The minimum Gasteiger partial charge on any atom is -0.380 e. The van der Waals surface area contributed by atoms with Crippen molar-refractivity contribution >= 4 is 5.91 Å². The lowest BCUT2D eigenvalue weighted by Crippen LogP contribution is -2.48. The van der Waals surface area contributed by atoms with Crippen LogP contribution in [0.4, 0.5) is 0 Å². The molecular formula is C19H28N2O2. The van der Waals surface area contributed by atoms with Gasteiger partial charge in [0.2, 0.25) is 0 Å². The summed E-state index contributed by atoms with van der Waals surface area (Å²) >= 11 is 0. The predicted octanol–water partition coefficient (Wildman–Crippen LogP) is 2.92. The molecule has 0 spiro atoms. The van der Waals surface area contributed by atoms with Gasteiger partial charge in [-0.2, -0.15) is 0 Å². The molecule has 1 aromatic carbocycles. The third-order valence-corrected chi connectivity index (χ3v) is 5.37. The molecule has 2 aliphatic rings. The van der Waals surface area contributed by atoms with E-state index in [2.05, 4.69) is 16.7 Å². The molecule has 2 fully saturated rings. The summed E-state index contributed by atoms with van der Waals surface area (Å²) < 4.78 is 5.26. The summed E-state index contributed by atoms with van der Waals surface area (Å²) in [5.41, 5.74) is 1.80. The van der Waals surface area contributed by atoms with E-state index in [0.717, 1.165) is 37.1 Å². The number of likely N-dealkylation sites (tertiary alicyclic amines) is 2. The molecule has 0 bridgehead atoms. The van der Waals surface area contributed by atoms with Crippen LogP contribution < -0.4 is 0 Å². The molecule has 1 aromatic rings. The van der Waals surface area contributed by atoms with E-state index in [1.54, 1.807) is 7.11 Å². The highest BCUT2D eigenvalue weighted by atomic mass is 16.5. The average molecular weight is 316 g/mol. The van der Waals surface area contributed by atoms with Crippen molar-refractivity contribution in [2.45, 2.75) is 51.3 Å². The van der Waals surface area contributed by atoms with E-state index >= 15 is 0 Å².